The van der Waals surface area contributed by atoms with Crippen molar-refractivity contribution in [3.63, 3.8) is 0 Å². The molecule has 0 atom stereocenters. The lowest BCUT2D eigenvalue weighted by Gasteiger charge is -2.08. The number of aryl methyl sites for hydroxylation is 1. The maximum absolute atomic E-state index is 13.0. The molecule has 0 saturated carbocycles. The summed E-state index contributed by atoms with van der Waals surface area (Å²) < 4.78 is 38.7. The minimum Gasteiger partial charge on any atom is -0.320 e. The van der Waals surface area contributed by atoms with Gasteiger partial charge in [-0.25, -0.2) is 12.8 Å². The lowest BCUT2D eigenvalue weighted by Crippen LogP contribution is -2.20. The maximum Gasteiger partial charge on any atom is 0.232 e. The van der Waals surface area contributed by atoms with Crippen molar-refractivity contribution in [1.82, 2.24) is 5.32 Å². The van der Waals surface area contributed by atoms with Crippen molar-refractivity contribution >= 4 is 15.7 Å². The third kappa shape index (κ3) is 4.70. The molecule has 0 aromatic heterocycles. The summed E-state index contributed by atoms with van der Waals surface area (Å²) in [6, 6.07) is 4.14. The van der Waals surface area contributed by atoms with Gasteiger partial charge in [-0.15, -0.1) is 0 Å². The lowest BCUT2D eigenvalue weighted by atomic mass is 10.2. The van der Waals surface area contributed by atoms with Gasteiger partial charge in [0.05, 0.1) is 5.75 Å². The number of hydrogen-bond acceptors (Lipinski definition) is 3. The van der Waals surface area contributed by atoms with Gasteiger partial charge in [-0.3, -0.25) is 4.72 Å². The van der Waals surface area contributed by atoms with Crippen LogP contribution in [0.2, 0.25) is 0 Å². The number of anilines is 1. The Bertz CT molecular complexity index is 474. The van der Waals surface area contributed by atoms with Crippen LogP contribution in [0.1, 0.15) is 12.0 Å². The van der Waals surface area contributed by atoms with Gasteiger partial charge in [-0.1, -0.05) is 0 Å². The second-order valence-corrected chi connectivity index (χ2v) is 5.68. The van der Waals surface area contributed by atoms with Gasteiger partial charge in [0, 0.05) is 5.69 Å². The molecule has 4 nitrogen and oxygen atoms in total. The van der Waals surface area contributed by atoms with Crippen LogP contribution >= 0.6 is 0 Å². The molecule has 0 heterocycles. The molecule has 0 bridgehead atoms. The first-order chi connectivity index (χ1) is 7.94. The van der Waals surface area contributed by atoms with E-state index in [0.29, 0.717) is 24.2 Å². The van der Waals surface area contributed by atoms with E-state index in [9.17, 15) is 12.8 Å². The van der Waals surface area contributed by atoms with E-state index < -0.39 is 10.0 Å². The monoisotopic (exact) mass is 260 g/mol. The molecule has 1 aromatic carbocycles. The summed E-state index contributed by atoms with van der Waals surface area (Å²) >= 11 is 0. The van der Waals surface area contributed by atoms with Crippen molar-refractivity contribution in [1.29, 1.82) is 0 Å². The number of rotatable bonds is 6. The van der Waals surface area contributed by atoms with Gasteiger partial charge in [-0.2, -0.15) is 0 Å². The van der Waals surface area contributed by atoms with E-state index in [0.717, 1.165) is 0 Å². The van der Waals surface area contributed by atoms with Crippen molar-refractivity contribution in [2.45, 2.75) is 13.3 Å². The van der Waals surface area contributed by atoms with Crippen LogP contribution in [0.15, 0.2) is 18.2 Å². The molecule has 0 radical (unpaired) electrons. The van der Waals surface area contributed by atoms with Crippen molar-refractivity contribution in [2.24, 2.45) is 0 Å². The predicted octanol–water partition coefficient (Wildman–Crippen LogP) is 1.49. The molecule has 1 rings (SSSR count). The first-order valence-corrected chi connectivity index (χ1v) is 7.01. The molecule has 0 spiro atoms. The van der Waals surface area contributed by atoms with E-state index in [2.05, 4.69) is 10.0 Å². The van der Waals surface area contributed by atoms with Gasteiger partial charge in [0.25, 0.3) is 0 Å². The van der Waals surface area contributed by atoms with Crippen molar-refractivity contribution in [2.75, 3.05) is 24.1 Å². The van der Waals surface area contributed by atoms with Crippen LogP contribution in [0.5, 0.6) is 0 Å². The van der Waals surface area contributed by atoms with Crippen LogP contribution in [0, 0.1) is 12.7 Å². The Labute approximate surface area is 101 Å². The van der Waals surface area contributed by atoms with Crippen molar-refractivity contribution < 1.29 is 12.8 Å². The third-order valence-corrected chi connectivity index (χ3v) is 3.64. The number of benzene rings is 1. The Hall–Kier alpha value is -1.14. The molecule has 96 valence electrons. The summed E-state index contributed by atoms with van der Waals surface area (Å²) in [6.07, 6.45) is 0.534. The molecule has 0 amide bonds. The largest absolute Gasteiger partial charge is 0.320 e. The molecule has 6 heteroatoms. The SMILES string of the molecule is CNCCCS(=O)(=O)Nc1ccc(F)c(C)c1. The molecule has 0 unspecified atom stereocenters. The van der Waals surface area contributed by atoms with Crippen molar-refractivity contribution in [3.05, 3.63) is 29.6 Å². The molecule has 0 saturated heterocycles. The first kappa shape index (κ1) is 13.9. The van der Waals surface area contributed by atoms with E-state index in [1.807, 2.05) is 0 Å². The van der Waals surface area contributed by atoms with E-state index in [-0.39, 0.29) is 11.6 Å². The summed E-state index contributed by atoms with van der Waals surface area (Å²) in [4.78, 5) is 0. The molecule has 0 aliphatic rings. The van der Waals surface area contributed by atoms with E-state index in [1.165, 1.54) is 18.2 Å². The van der Waals surface area contributed by atoms with Gasteiger partial charge >= 0.3 is 0 Å². The Morgan fingerprint density at radius 1 is 1.35 bits per heavy atom. The zero-order valence-corrected chi connectivity index (χ0v) is 10.8. The van der Waals surface area contributed by atoms with Crippen molar-refractivity contribution in [3.8, 4) is 0 Å². The van der Waals surface area contributed by atoms with E-state index in [4.69, 9.17) is 0 Å². The molecule has 17 heavy (non-hydrogen) atoms. The highest BCUT2D eigenvalue weighted by molar-refractivity contribution is 7.92. The van der Waals surface area contributed by atoms with Gasteiger partial charge < -0.3 is 5.32 Å². The Morgan fingerprint density at radius 3 is 2.65 bits per heavy atom. The second kappa shape index (κ2) is 5.97. The predicted molar refractivity (Wildman–Crippen MR) is 67.1 cm³/mol. The number of hydrogen-bond donors (Lipinski definition) is 2. The second-order valence-electron chi connectivity index (χ2n) is 3.84. The quantitative estimate of drug-likeness (QED) is 0.762. The van der Waals surface area contributed by atoms with Gasteiger partial charge in [0.1, 0.15) is 5.82 Å². The standard InChI is InChI=1S/C11H17FN2O2S/c1-9-8-10(4-5-11(9)12)14-17(15,16)7-3-6-13-2/h4-5,8,13-14H,3,6-7H2,1-2H3. The average molecular weight is 260 g/mol. The van der Waals surface area contributed by atoms with E-state index >= 15 is 0 Å². The summed E-state index contributed by atoms with van der Waals surface area (Å²) in [6.45, 7) is 2.23. The smallest absolute Gasteiger partial charge is 0.232 e. The van der Waals surface area contributed by atoms with Crippen LogP contribution in [0.25, 0.3) is 0 Å². The molecule has 2 N–H and O–H groups in total. The zero-order valence-electron chi connectivity index (χ0n) is 9.96. The maximum atomic E-state index is 13.0. The highest BCUT2D eigenvalue weighted by atomic mass is 32.2. The normalized spacial score (nSPS) is 11.5. The fourth-order valence-electron chi connectivity index (χ4n) is 1.38. The van der Waals surface area contributed by atoms with Gasteiger partial charge in [0.15, 0.2) is 0 Å². The van der Waals surface area contributed by atoms with Crippen LogP contribution in [-0.2, 0) is 10.0 Å². The summed E-state index contributed by atoms with van der Waals surface area (Å²) in [5.41, 5.74) is 0.814. The number of sulfonamides is 1. The van der Waals surface area contributed by atoms with E-state index in [1.54, 1.807) is 14.0 Å². The molecular formula is C11H17FN2O2S. The first-order valence-electron chi connectivity index (χ1n) is 5.36. The summed E-state index contributed by atoms with van der Waals surface area (Å²) in [7, 11) is -1.58. The summed E-state index contributed by atoms with van der Waals surface area (Å²) in [5.74, 6) is -0.298. The fraction of sp³-hybridized carbons (Fsp3) is 0.455. The zero-order chi connectivity index (χ0) is 12.9. The summed E-state index contributed by atoms with van der Waals surface area (Å²) in [5, 5.41) is 2.88. The third-order valence-electron chi connectivity index (χ3n) is 2.27. The molecule has 0 aliphatic heterocycles. The molecule has 0 fully saturated rings. The average Bonchev–Trinajstić information content (AvgIpc) is 2.23. The number of nitrogens with one attached hydrogen (secondary N) is 2. The molecular weight excluding hydrogens is 243 g/mol. The van der Waals surface area contributed by atoms with Crippen LogP contribution < -0.4 is 10.0 Å². The lowest BCUT2D eigenvalue weighted by molar-refractivity contribution is 0.596. The van der Waals surface area contributed by atoms with Gasteiger partial charge in [0.2, 0.25) is 10.0 Å². The Morgan fingerprint density at radius 2 is 2.06 bits per heavy atom. The Kier molecular flexibility index (Phi) is 4.89. The minimum absolute atomic E-state index is 0.0459. The molecule has 1 aromatic rings. The fourth-order valence-corrected chi connectivity index (χ4v) is 2.49. The Balaban J connectivity index is 2.66. The van der Waals surface area contributed by atoms with Crippen LogP contribution in [-0.4, -0.2) is 27.8 Å². The number of halogens is 1. The van der Waals surface area contributed by atoms with Gasteiger partial charge in [-0.05, 0) is 50.7 Å². The van der Waals surface area contributed by atoms with Crippen LogP contribution in [0.4, 0.5) is 10.1 Å². The van der Waals surface area contributed by atoms with Crippen LogP contribution in [0.3, 0.4) is 0 Å². The highest BCUT2D eigenvalue weighted by Gasteiger charge is 2.10. The minimum atomic E-state index is -3.35. The highest BCUT2D eigenvalue weighted by Crippen LogP contribution is 2.15. The topological polar surface area (TPSA) is 58.2 Å². The molecule has 0 aliphatic carbocycles.